The predicted octanol–water partition coefficient (Wildman–Crippen LogP) is 5.74. The summed E-state index contributed by atoms with van der Waals surface area (Å²) in [5.41, 5.74) is 1.87. The van der Waals surface area contributed by atoms with Crippen LogP contribution in [0.2, 0.25) is 10.0 Å². The van der Waals surface area contributed by atoms with Gasteiger partial charge in [-0.3, -0.25) is 10.1 Å². The molecule has 1 heterocycles. The lowest BCUT2D eigenvalue weighted by Gasteiger charge is -2.13. The van der Waals surface area contributed by atoms with Crippen molar-refractivity contribution in [1.82, 2.24) is 9.97 Å². The molecule has 0 radical (unpaired) electrons. The lowest BCUT2D eigenvalue weighted by molar-refractivity contribution is -0.383. The van der Waals surface area contributed by atoms with Gasteiger partial charge in [-0.2, -0.15) is 0 Å². The zero-order valence-electron chi connectivity index (χ0n) is 14.2. The number of aryl methyl sites for hydroxylation is 1. The van der Waals surface area contributed by atoms with Gasteiger partial charge in [-0.25, -0.2) is 9.97 Å². The van der Waals surface area contributed by atoms with Gasteiger partial charge in [-0.1, -0.05) is 48.3 Å². The second-order valence-electron chi connectivity index (χ2n) is 5.56. The lowest BCUT2D eigenvalue weighted by atomic mass is 10.1. The molecule has 2 aromatic carbocycles. The average Bonchev–Trinajstić information content (AvgIpc) is 2.65. The minimum Gasteiger partial charge on any atom is -0.334 e. The molecule has 9 heteroatoms. The Morgan fingerprint density at radius 1 is 1.04 bits per heavy atom. The van der Waals surface area contributed by atoms with E-state index in [1.807, 2.05) is 31.2 Å². The van der Waals surface area contributed by atoms with Gasteiger partial charge >= 0.3 is 5.69 Å². The van der Waals surface area contributed by atoms with E-state index in [2.05, 4.69) is 20.6 Å². The first-order valence-corrected chi connectivity index (χ1v) is 8.81. The smallest absolute Gasteiger partial charge is 0.334 e. The summed E-state index contributed by atoms with van der Waals surface area (Å²) in [5, 5.41) is 18.4. The molecule has 0 fully saturated rings. The quantitative estimate of drug-likeness (QED) is 0.402. The standard InChI is InChI=1S/C18H15Cl2N5O2/c1-2-11-5-3-4-6-14(11)23-17-16(25(26)27)18(22-10-21-17)24-15-9-12(19)7-8-13(15)20/h3-10H,2H2,1H3,(H2,21,22,23,24). The second-order valence-corrected chi connectivity index (χ2v) is 6.41. The number of nitrogens with zero attached hydrogens (tertiary/aromatic N) is 3. The highest BCUT2D eigenvalue weighted by Crippen LogP contribution is 2.36. The largest absolute Gasteiger partial charge is 0.353 e. The Balaban J connectivity index is 2.03. The Hall–Kier alpha value is -2.90. The van der Waals surface area contributed by atoms with E-state index in [1.165, 1.54) is 6.33 Å². The first-order chi connectivity index (χ1) is 13.0. The molecule has 0 saturated heterocycles. The molecule has 0 bridgehead atoms. The third kappa shape index (κ3) is 4.27. The molecule has 2 N–H and O–H groups in total. The molecule has 0 aliphatic heterocycles. The van der Waals surface area contributed by atoms with Crippen molar-refractivity contribution < 1.29 is 4.92 Å². The third-order valence-corrected chi connectivity index (χ3v) is 4.40. The topological polar surface area (TPSA) is 93.0 Å². The molecule has 3 rings (SSSR count). The molecule has 0 spiro atoms. The Kier molecular flexibility index (Phi) is 5.73. The van der Waals surface area contributed by atoms with Crippen molar-refractivity contribution in [1.29, 1.82) is 0 Å². The van der Waals surface area contributed by atoms with E-state index in [-0.39, 0.29) is 17.3 Å². The first kappa shape index (κ1) is 18.9. The summed E-state index contributed by atoms with van der Waals surface area (Å²) < 4.78 is 0. The Labute approximate surface area is 165 Å². The molecule has 0 amide bonds. The molecule has 1 aromatic heterocycles. The maximum Gasteiger partial charge on any atom is 0.353 e. The number of rotatable bonds is 6. The minimum atomic E-state index is -0.544. The minimum absolute atomic E-state index is 0.00986. The summed E-state index contributed by atoms with van der Waals surface area (Å²) in [7, 11) is 0. The van der Waals surface area contributed by atoms with E-state index in [9.17, 15) is 10.1 Å². The fourth-order valence-corrected chi connectivity index (χ4v) is 2.87. The summed E-state index contributed by atoms with van der Waals surface area (Å²) in [6.07, 6.45) is 2.01. The first-order valence-electron chi connectivity index (χ1n) is 8.06. The van der Waals surface area contributed by atoms with E-state index in [0.717, 1.165) is 17.7 Å². The van der Waals surface area contributed by atoms with Crippen LogP contribution >= 0.6 is 23.2 Å². The van der Waals surface area contributed by atoms with Gasteiger partial charge in [-0.05, 0) is 36.2 Å². The fraction of sp³-hybridized carbons (Fsp3) is 0.111. The molecule has 138 valence electrons. The maximum atomic E-state index is 11.7. The van der Waals surface area contributed by atoms with Gasteiger partial charge in [0.05, 0.1) is 15.6 Å². The molecule has 0 unspecified atom stereocenters. The number of hydrogen-bond donors (Lipinski definition) is 2. The van der Waals surface area contributed by atoms with Crippen molar-refractivity contribution in [2.75, 3.05) is 10.6 Å². The van der Waals surface area contributed by atoms with Crippen molar-refractivity contribution in [3.05, 3.63) is 74.5 Å². The SMILES string of the molecule is CCc1ccccc1Nc1ncnc(Nc2cc(Cl)ccc2Cl)c1[N+](=O)[O-]. The third-order valence-electron chi connectivity index (χ3n) is 3.84. The molecular formula is C18H15Cl2N5O2. The predicted molar refractivity (Wildman–Crippen MR) is 108 cm³/mol. The van der Waals surface area contributed by atoms with Crippen LogP contribution in [0.3, 0.4) is 0 Å². The van der Waals surface area contributed by atoms with Crippen LogP contribution in [0.25, 0.3) is 0 Å². The summed E-state index contributed by atoms with van der Waals surface area (Å²) in [5.74, 6) is 0.0900. The monoisotopic (exact) mass is 403 g/mol. The van der Waals surface area contributed by atoms with Crippen LogP contribution in [0.4, 0.5) is 28.7 Å². The van der Waals surface area contributed by atoms with Crippen molar-refractivity contribution >= 4 is 51.9 Å². The molecular weight excluding hydrogens is 389 g/mol. The normalized spacial score (nSPS) is 10.5. The molecule has 3 aromatic rings. The van der Waals surface area contributed by atoms with Crippen LogP contribution < -0.4 is 10.6 Å². The number of anilines is 4. The Morgan fingerprint density at radius 2 is 1.70 bits per heavy atom. The van der Waals surface area contributed by atoms with Gasteiger partial charge in [-0.15, -0.1) is 0 Å². The summed E-state index contributed by atoms with van der Waals surface area (Å²) in [6, 6.07) is 12.3. The van der Waals surface area contributed by atoms with E-state index in [0.29, 0.717) is 15.7 Å². The summed E-state index contributed by atoms with van der Waals surface area (Å²) in [6.45, 7) is 2.00. The van der Waals surface area contributed by atoms with Crippen molar-refractivity contribution in [2.45, 2.75) is 13.3 Å². The number of para-hydroxylation sites is 1. The van der Waals surface area contributed by atoms with E-state index in [1.54, 1.807) is 18.2 Å². The molecule has 0 saturated carbocycles. The fourth-order valence-electron chi connectivity index (χ4n) is 2.53. The van der Waals surface area contributed by atoms with Gasteiger partial charge in [0.2, 0.25) is 11.6 Å². The van der Waals surface area contributed by atoms with E-state index >= 15 is 0 Å². The van der Waals surface area contributed by atoms with Gasteiger partial charge in [0.25, 0.3) is 0 Å². The summed E-state index contributed by atoms with van der Waals surface area (Å²) in [4.78, 5) is 19.2. The van der Waals surface area contributed by atoms with Crippen LogP contribution in [0.1, 0.15) is 12.5 Å². The van der Waals surface area contributed by atoms with Gasteiger partial charge in [0.15, 0.2) is 0 Å². The number of nitro groups is 1. The summed E-state index contributed by atoms with van der Waals surface area (Å²) >= 11 is 12.1. The highest BCUT2D eigenvalue weighted by atomic mass is 35.5. The molecule has 0 aliphatic rings. The Bertz CT molecular complexity index is 997. The molecule has 7 nitrogen and oxygen atoms in total. The van der Waals surface area contributed by atoms with Crippen molar-refractivity contribution in [3.8, 4) is 0 Å². The molecule has 27 heavy (non-hydrogen) atoms. The van der Waals surface area contributed by atoms with Crippen LogP contribution in [-0.4, -0.2) is 14.9 Å². The van der Waals surface area contributed by atoms with Crippen LogP contribution in [0.5, 0.6) is 0 Å². The highest BCUT2D eigenvalue weighted by molar-refractivity contribution is 6.35. The number of nitrogens with one attached hydrogen (secondary N) is 2. The maximum absolute atomic E-state index is 11.7. The van der Waals surface area contributed by atoms with E-state index in [4.69, 9.17) is 23.2 Å². The zero-order chi connectivity index (χ0) is 19.4. The molecule has 0 aliphatic carbocycles. The highest BCUT2D eigenvalue weighted by Gasteiger charge is 2.24. The van der Waals surface area contributed by atoms with Crippen LogP contribution in [0.15, 0.2) is 48.8 Å². The zero-order valence-corrected chi connectivity index (χ0v) is 15.8. The van der Waals surface area contributed by atoms with E-state index < -0.39 is 4.92 Å². The lowest BCUT2D eigenvalue weighted by Crippen LogP contribution is -2.06. The number of aromatic nitrogens is 2. The second kappa shape index (κ2) is 8.20. The van der Waals surface area contributed by atoms with Crippen LogP contribution in [-0.2, 0) is 6.42 Å². The molecule has 0 atom stereocenters. The van der Waals surface area contributed by atoms with Crippen molar-refractivity contribution in [2.24, 2.45) is 0 Å². The average molecular weight is 404 g/mol. The van der Waals surface area contributed by atoms with Gasteiger partial charge in [0.1, 0.15) is 6.33 Å². The number of halogens is 2. The van der Waals surface area contributed by atoms with Gasteiger partial charge < -0.3 is 10.6 Å². The van der Waals surface area contributed by atoms with Crippen molar-refractivity contribution in [3.63, 3.8) is 0 Å². The number of benzene rings is 2. The van der Waals surface area contributed by atoms with Crippen LogP contribution in [0, 0.1) is 10.1 Å². The van der Waals surface area contributed by atoms with Gasteiger partial charge in [0, 0.05) is 10.7 Å². The Morgan fingerprint density at radius 3 is 2.37 bits per heavy atom. The number of hydrogen-bond acceptors (Lipinski definition) is 6.